The van der Waals surface area contributed by atoms with Gasteiger partial charge in [0.2, 0.25) is 10.0 Å². The van der Waals surface area contributed by atoms with Gasteiger partial charge < -0.3 is 19.2 Å². The third kappa shape index (κ3) is 5.79. The molecule has 1 fully saturated rings. The van der Waals surface area contributed by atoms with Gasteiger partial charge in [0.15, 0.2) is 5.52 Å². The first kappa shape index (κ1) is 29.0. The topological polar surface area (TPSA) is 131 Å². The fourth-order valence-corrected chi connectivity index (χ4v) is 6.57. The van der Waals surface area contributed by atoms with Crippen molar-refractivity contribution < 1.29 is 13.2 Å². The molecule has 13 heteroatoms. The number of aryl methyl sites for hydroxylation is 2. The summed E-state index contributed by atoms with van der Waals surface area (Å²) in [5.41, 5.74) is 1.58. The van der Waals surface area contributed by atoms with Gasteiger partial charge in [0, 0.05) is 45.6 Å². The van der Waals surface area contributed by atoms with Crippen molar-refractivity contribution in [3.8, 4) is 17.1 Å². The molecule has 0 bridgehead atoms. The van der Waals surface area contributed by atoms with Gasteiger partial charge >= 0.3 is 0 Å². The minimum atomic E-state index is -3.75. The average Bonchev–Trinajstić information content (AvgIpc) is 3.55. The van der Waals surface area contributed by atoms with Crippen LogP contribution in [0.5, 0.6) is 5.75 Å². The fraction of sp³-hybridized carbons (Fsp3) is 0.500. The smallest absolute Gasteiger partial charge is 0.279 e. The number of aromatic amines is 1. The van der Waals surface area contributed by atoms with E-state index in [1.165, 1.54) is 4.31 Å². The minimum absolute atomic E-state index is 0.142. The highest BCUT2D eigenvalue weighted by Crippen LogP contribution is 2.32. The molecule has 1 aliphatic rings. The van der Waals surface area contributed by atoms with Gasteiger partial charge in [-0.1, -0.05) is 27.2 Å². The second-order valence-electron chi connectivity index (χ2n) is 10.3. The van der Waals surface area contributed by atoms with Crippen molar-refractivity contribution in [1.82, 2.24) is 38.5 Å². The van der Waals surface area contributed by atoms with E-state index in [2.05, 4.69) is 33.8 Å². The van der Waals surface area contributed by atoms with E-state index in [0.29, 0.717) is 62.6 Å². The van der Waals surface area contributed by atoms with E-state index in [1.54, 1.807) is 29.1 Å². The van der Waals surface area contributed by atoms with E-state index < -0.39 is 15.6 Å². The summed E-state index contributed by atoms with van der Waals surface area (Å²) in [5, 5.41) is 4.60. The number of rotatable bonds is 11. The van der Waals surface area contributed by atoms with Gasteiger partial charge in [0.05, 0.1) is 29.3 Å². The second kappa shape index (κ2) is 12.1. The van der Waals surface area contributed by atoms with Crippen LogP contribution in [0, 0.1) is 0 Å². The van der Waals surface area contributed by atoms with E-state index in [0.717, 1.165) is 30.9 Å². The van der Waals surface area contributed by atoms with Crippen molar-refractivity contribution in [2.24, 2.45) is 7.05 Å². The number of hydrogen-bond acceptors (Lipinski definition) is 8. The van der Waals surface area contributed by atoms with Gasteiger partial charge in [0.25, 0.3) is 5.56 Å². The number of sulfonamides is 1. The molecule has 4 heterocycles. The Morgan fingerprint density at radius 3 is 2.49 bits per heavy atom. The monoisotopic (exact) mass is 582 g/mol. The highest BCUT2D eigenvalue weighted by molar-refractivity contribution is 7.89. The first-order valence-electron chi connectivity index (χ1n) is 14.2. The van der Waals surface area contributed by atoms with Gasteiger partial charge in [-0.3, -0.25) is 9.48 Å². The van der Waals surface area contributed by atoms with Crippen molar-refractivity contribution >= 4 is 21.1 Å². The van der Waals surface area contributed by atoms with Crippen LogP contribution in [0.25, 0.3) is 22.4 Å². The van der Waals surface area contributed by atoms with Crippen LogP contribution in [0.15, 0.2) is 40.3 Å². The molecule has 5 rings (SSSR count). The van der Waals surface area contributed by atoms with Gasteiger partial charge in [0.1, 0.15) is 22.9 Å². The van der Waals surface area contributed by atoms with Crippen LogP contribution < -0.4 is 10.3 Å². The number of hydrogen-bond donors (Lipinski definition) is 1. The lowest BCUT2D eigenvalue weighted by atomic mass is 10.1. The summed E-state index contributed by atoms with van der Waals surface area (Å²) in [6, 6.07) is 4.79. The predicted molar refractivity (Wildman–Crippen MR) is 157 cm³/mol. The Kier molecular flexibility index (Phi) is 8.57. The van der Waals surface area contributed by atoms with E-state index in [9.17, 15) is 13.2 Å². The van der Waals surface area contributed by atoms with Crippen LogP contribution in [0.2, 0.25) is 0 Å². The number of aromatic nitrogens is 6. The third-order valence-corrected chi connectivity index (χ3v) is 9.38. The fourth-order valence-electron chi connectivity index (χ4n) is 5.12. The molecular formula is C28H38N8O4S. The van der Waals surface area contributed by atoms with Gasteiger partial charge in [-0.25, -0.2) is 18.4 Å². The summed E-state index contributed by atoms with van der Waals surface area (Å²) in [7, 11) is -1.84. The van der Waals surface area contributed by atoms with Crippen LogP contribution in [-0.4, -0.2) is 86.3 Å². The van der Waals surface area contributed by atoms with Gasteiger partial charge in [-0.05, 0) is 37.6 Å². The Hall–Kier alpha value is -3.55. The predicted octanol–water partition coefficient (Wildman–Crippen LogP) is 2.64. The quantitative estimate of drug-likeness (QED) is 0.286. The molecule has 220 valence electrons. The normalized spacial score (nSPS) is 15.1. The summed E-state index contributed by atoms with van der Waals surface area (Å²) in [4.78, 5) is 27.8. The number of piperazine rings is 1. The Bertz CT molecular complexity index is 1680. The number of nitrogens with one attached hydrogen (secondary N) is 1. The highest BCUT2D eigenvalue weighted by atomic mass is 32.2. The lowest BCUT2D eigenvalue weighted by Crippen LogP contribution is -2.48. The molecule has 0 unspecified atom stereocenters. The van der Waals surface area contributed by atoms with Crippen molar-refractivity contribution in [3.05, 3.63) is 52.5 Å². The molecule has 0 spiro atoms. The molecule has 41 heavy (non-hydrogen) atoms. The van der Waals surface area contributed by atoms with Crippen LogP contribution in [-0.2, 0) is 30.0 Å². The van der Waals surface area contributed by atoms with Gasteiger partial charge in [-0.15, -0.1) is 0 Å². The molecule has 0 amide bonds. The number of nitrogens with zero attached hydrogens (tertiary/aromatic N) is 7. The number of H-pyrrole nitrogens is 1. The third-order valence-electron chi connectivity index (χ3n) is 7.48. The standard InChI is InChI=1S/C28H38N8O4S/c1-5-8-22-25-26(32-36(22)19-24-29-11-12-33(24)4)28(37)31-27(30-25)21-18-20(9-10-23(21)40-17-6-2)41(38,39)35-15-13-34(7-3)14-16-35/h9-12,18H,5-8,13-17,19H2,1-4H3,(H,30,31,37). The molecule has 1 aromatic carbocycles. The Balaban J connectivity index is 1.60. The van der Waals surface area contributed by atoms with E-state index in [4.69, 9.17) is 9.72 Å². The summed E-state index contributed by atoms with van der Waals surface area (Å²) >= 11 is 0. The number of likely N-dealkylation sites (N-methyl/N-ethyl adjacent to an activating group) is 1. The molecular weight excluding hydrogens is 544 g/mol. The van der Waals surface area contributed by atoms with Crippen molar-refractivity contribution in [3.63, 3.8) is 0 Å². The van der Waals surface area contributed by atoms with Crippen LogP contribution in [0.4, 0.5) is 0 Å². The van der Waals surface area contributed by atoms with Crippen molar-refractivity contribution in [2.75, 3.05) is 39.3 Å². The largest absolute Gasteiger partial charge is 0.493 e. The summed E-state index contributed by atoms with van der Waals surface area (Å²) < 4.78 is 38.5. The molecule has 1 aliphatic heterocycles. The number of fused-ring (bicyclic) bond motifs is 1. The average molecular weight is 583 g/mol. The zero-order valence-corrected chi connectivity index (χ0v) is 24.9. The number of imidazole rings is 1. The van der Waals surface area contributed by atoms with E-state index >= 15 is 0 Å². The first-order valence-corrected chi connectivity index (χ1v) is 15.7. The molecule has 1 saturated heterocycles. The Morgan fingerprint density at radius 2 is 1.83 bits per heavy atom. The zero-order valence-electron chi connectivity index (χ0n) is 24.1. The maximum atomic E-state index is 13.6. The minimum Gasteiger partial charge on any atom is -0.493 e. The molecule has 4 aromatic rings. The number of ether oxygens (including phenoxy) is 1. The lowest BCUT2D eigenvalue weighted by molar-refractivity contribution is 0.196. The van der Waals surface area contributed by atoms with E-state index in [1.807, 2.05) is 24.7 Å². The molecule has 3 aromatic heterocycles. The zero-order chi connectivity index (χ0) is 29.1. The van der Waals surface area contributed by atoms with Crippen LogP contribution in [0.1, 0.15) is 45.1 Å². The SMILES string of the molecule is CCCOc1ccc(S(=O)(=O)N2CCN(CC)CC2)cc1-c1nc2c(CCC)n(Cc3nccn3C)nc2c(=O)[nH]1. The summed E-state index contributed by atoms with van der Waals surface area (Å²) in [6.07, 6.45) is 5.85. The maximum Gasteiger partial charge on any atom is 0.279 e. The summed E-state index contributed by atoms with van der Waals surface area (Å²) in [5.74, 6) is 1.51. The van der Waals surface area contributed by atoms with Crippen LogP contribution in [0.3, 0.4) is 0 Å². The molecule has 1 N–H and O–H groups in total. The second-order valence-corrected chi connectivity index (χ2v) is 12.2. The Morgan fingerprint density at radius 1 is 1.05 bits per heavy atom. The molecule has 0 saturated carbocycles. The molecule has 0 radical (unpaired) electrons. The van der Waals surface area contributed by atoms with Crippen molar-refractivity contribution in [2.45, 2.75) is 51.5 Å². The maximum absolute atomic E-state index is 13.6. The molecule has 0 atom stereocenters. The first-order chi connectivity index (χ1) is 19.8. The highest BCUT2D eigenvalue weighted by Gasteiger charge is 2.29. The van der Waals surface area contributed by atoms with Crippen molar-refractivity contribution in [1.29, 1.82) is 0 Å². The molecule has 0 aliphatic carbocycles. The molecule has 12 nitrogen and oxygen atoms in total. The van der Waals surface area contributed by atoms with E-state index in [-0.39, 0.29) is 16.2 Å². The number of benzene rings is 1. The summed E-state index contributed by atoms with van der Waals surface area (Å²) in [6.45, 7) is 10.1. The van der Waals surface area contributed by atoms with Crippen LogP contribution >= 0.6 is 0 Å². The lowest BCUT2D eigenvalue weighted by Gasteiger charge is -2.33. The Labute approximate surface area is 240 Å². The van der Waals surface area contributed by atoms with Gasteiger partial charge in [-0.2, -0.15) is 9.40 Å².